The number of hydrogen-bond donors (Lipinski definition) is 0. The second-order valence-corrected chi connectivity index (χ2v) is 5.92. The van der Waals surface area contributed by atoms with Gasteiger partial charge in [-0.2, -0.15) is 0 Å². The van der Waals surface area contributed by atoms with Gasteiger partial charge in [0, 0.05) is 12.1 Å². The van der Waals surface area contributed by atoms with Gasteiger partial charge in [0.15, 0.2) is 0 Å². The van der Waals surface area contributed by atoms with Gasteiger partial charge in [-0.15, -0.1) is 5.10 Å². The van der Waals surface area contributed by atoms with Crippen LogP contribution in [0.15, 0.2) is 60.8 Å². The number of aryl methyl sites for hydroxylation is 1. The molecule has 2 aromatic carbocycles. The Labute approximate surface area is 131 Å². The zero-order chi connectivity index (χ0) is 15.4. The number of aromatic nitrogens is 3. The molecule has 3 aromatic rings. The third-order valence-electron chi connectivity index (χ3n) is 3.91. The quantitative estimate of drug-likeness (QED) is 0.712. The van der Waals surface area contributed by atoms with E-state index < -0.39 is 0 Å². The second-order valence-electron chi connectivity index (χ2n) is 5.92. The van der Waals surface area contributed by atoms with E-state index in [4.69, 9.17) is 0 Å². The van der Waals surface area contributed by atoms with Gasteiger partial charge in [0.2, 0.25) is 0 Å². The van der Waals surface area contributed by atoms with Crippen LogP contribution >= 0.6 is 0 Å². The monoisotopic (exact) mass is 291 g/mol. The fourth-order valence-corrected chi connectivity index (χ4v) is 2.57. The van der Waals surface area contributed by atoms with Crippen molar-refractivity contribution in [1.29, 1.82) is 0 Å². The minimum absolute atomic E-state index is 0.368. The van der Waals surface area contributed by atoms with Crippen molar-refractivity contribution in [2.24, 2.45) is 0 Å². The van der Waals surface area contributed by atoms with E-state index in [1.807, 2.05) is 22.9 Å². The van der Waals surface area contributed by atoms with Crippen molar-refractivity contribution < 1.29 is 0 Å². The van der Waals surface area contributed by atoms with E-state index >= 15 is 0 Å². The molecule has 0 bridgehead atoms. The summed E-state index contributed by atoms with van der Waals surface area (Å²) in [5.41, 5.74) is 4.93. The zero-order valence-electron chi connectivity index (χ0n) is 13.1. The number of nitrogens with zero attached hydrogens (tertiary/aromatic N) is 3. The van der Waals surface area contributed by atoms with Crippen molar-refractivity contribution in [3.05, 3.63) is 83.2 Å². The Kier molecular flexibility index (Phi) is 4.33. The molecule has 112 valence electrons. The van der Waals surface area contributed by atoms with Crippen LogP contribution < -0.4 is 0 Å². The van der Waals surface area contributed by atoms with Gasteiger partial charge in [0.1, 0.15) is 0 Å². The molecule has 0 radical (unpaired) electrons. The molecular weight excluding hydrogens is 270 g/mol. The highest BCUT2D eigenvalue weighted by molar-refractivity contribution is 5.23. The van der Waals surface area contributed by atoms with Crippen LogP contribution in [0.3, 0.4) is 0 Å². The molecule has 0 fully saturated rings. The van der Waals surface area contributed by atoms with E-state index in [-0.39, 0.29) is 0 Å². The summed E-state index contributed by atoms with van der Waals surface area (Å²) in [7, 11) is 0. The molecule has 0 N–H and O–H groups in total. The van der Waals surface area contributed by atoms with Crippen molar-refractivity contribution in [2.45, 2.75) is 32.7 Å². The number of benzene rings is 2. The van der Waals surface area contributed by atoms with Crippen molar-refractivity contribution in [3.63, 3.8) is 0 Å². The van der Waals surface area contributed by atoms with Crippen molar-refractivity contribution in [1.82, 2.24) is 15.0 Å². The highest BCUT2D eigenvalue weighted by atomic mass is 15.4. The minimum Gasteiger partial charge on any atom is -0.248 e. The van der Waals surface area contributed by atoms with Crippen LogP contribution in [0.4, 0.5) is 0 Å². The SMILES string of the molecule is Cc1ccc(CC(C)c2cn(Cc3ccccc3)nn2)cc1. The standard InChI is InChI=1S/C19H21N3/c1-15-8-10-17(11-9-15)12-16(2)19-14-22(21-20-19)13-18-6-4-3-5-7-18/h3-11,14,16H,12-13H2,1-2H3. The van der Waals surface area contributed by atoms with Crippen molar-refractivity contribution in [2.75, 3.05) is 0 Å². The Balaban J connectivity index is 1.66. The van der Waals surface area contributed by atoms with Crippen molar-refractivity contribution >= 4 is 0 Å². The van der Waals surface area contributed by atoms with Gasteiger partial charge in [-0.25, -0.2) is 4.68 Å². The summed E-state index contributed by atoms with van der Waals surface area (Å²) >= 11 is 0. The maximum Gasteiger partial charge on any atom is 0.0858 e. The third kappa shape index (κ3) is 3.61. The van der Waals surface area contributed by atoms with E-state index in [9.17, 15) is 0 Å². The van der Waals surface area contributed by atoms with Gasteiger partial charge in [-0.05, 0) is 24.5 Å². The van der Waals surface area contributed by atoms with E-state index in [0.29, 0.717) is 5.92 Å². The highest BCUT2D eigenvalue weighted by Crippen LogP contribution is 2.18. The average Bonchev–Trinajstić information content (AvgIpc) is 2.99. The molecular formula is C19H21N3. The first kappa shape index (κ1) is 14.5. The minimum atomic E-state index is 0.368. The highest BCUT2D eigenvalue weighted by Gasteiger charge is 2.11. The van der Waals surface area contributed by atoms with E-state index in [1.54, 1.807) is 0 Å². The first-order chi connectivity index (χ1) is 10.7. The molecule has 0 amide bonds. The molecule has 0 saturated carbocycles. The summed E-state index contributed by atoms with van der Waals surface area (Å²) in [6.07, 6.45) is 3.05. The van der Waals surface area contributed by atoms with Crippen LogP contribution in [0.1, 0.15) is 35.2 Å². The predicted octanol–water partition coefficient (Wildman–Crippen LogP) is 3.98. The smallest absolute Gasteiger partial charge is 0.0858 e. The number of rotatable bonds is 5. The van der Waals surface area contributed by atoms with Crippen LogP contribution in [0, 0.1) is 6.92 Å². The van der Waals surface area contributed by atoms with Crippen LogP contribution in [-0.2, 0) is 13.0 Å². The third-order valence-corrected chi connectivity index (χ3v) is 3.91. The summed E-state index contributed by atoms with van der Waals surface area (Å²) in [4.78, 5) is 0. The van der Waals surface area contributed by atoms with E-state index in [0.717, 1.165) is 18.7 Å². The van der Waals surface area contributed by atoms with E-state index in [2.05, 4.69) is 66.8 Å². The Morgan fingerprint density at radius 3 is 2.41 bits per heavy atom. The molecule has 22 heavy (non-hydrogen) atoms. The average molecular weight is 291 g/mol. The van der Waals surface area contributed by atoms with Gasteiger partial charge in [0.25, 0.3) is 0 Å². The van der Waals surface area contributed by atoms with Gasteiger partial charge in [-0.1, -0.05) is 72.3 Å². The molecule has 0 spiro atoms. The summed E-state index contributed by atoms with van der Waals surface area (Å²) < 4.78 is 1.91. The maximum atomic E-state index is 4.34. The van der Waals surface area contributed by atoms with Crippen LogP contribution in [0.25, 0.3) is 0 Å². The molecule has 0 aliphatic carbocycles. The predicted molar refractivity (Wildman–Crippen MR) is 88.9 cm³/mol. The molecule has 0 aliphatic rings. The van der Waals surface area contributed by atoms with Gasteiger partial charge >= 0.3 is 0 Å². The van der Waals surface area contributed by atoms with Crippen molar-refractivity contribution in [3.8, 4) is 0 Å². The summed E-state index contributed by atoms with van der Waals surface area (Å²) in [5, 5.41) is 8.59. The van der Waals surface area contributed by atoms with Crippen LogP contribution in [0.2, 0.25) is 0 Å². The Bertz CT molecular complexity index is 714. The summed E-state index contributed by atoms with van der Waals surface area (Å²) in [6.45, 7) is 5.09. The molecule has 3 heteroatoms. The summed E-state index contributed by atoms with van der Waals surface area (Å²) in [6, 6.07) is 19.1. The normalized spacial score (nSPS) is 12.3. The van der Waals surface area contributed by atoms with E-state index in [1.165, 1.54) is 16.7 Å². The second kappa shape index (κ2) is 6.56. The molecule has 0 saturated heterocycles. The lowest BCUT2D eigenvalue weighted by atomic mass is 9.98. The summed E-state index contributed by atoms with van der Waals surface area (Å²) in [5.74, 6) is 0.368. The first-order valence-electron chi connectivity index (χ1n) is 7.70. The molecule has 1 unspecified atom stereocenters. The Morgan fingerprint density at radius 2 is 1.68 bits per heavy atom. The first-order valence-corrected chi connectivity index (χ1v) is 7.70. The lowest BCUT2D eigenvalue weighted by molar-refractivity contribution is 0.647. The number of hydrogen-bond acceptors (Lipinski definition) is 2. The Morgan fingerprint density at radius 1 is 0.955 bits per heavy atom. The molecule has 3 nitrogen and oxygen atoms in total. The molecule has 1 heterocycles. The van der Waals surface area contributed by atoms with Gasteiger partial charge in [-0.3, -0.25) is 0 Å². The molecule has 0 aliphatic heterocycles. The molecule has 1 aromatic heterocycles. The maximum absolute atomic E-state index is 4.34. The lowest BCUT2D eigenvalue weighted by Gasteiger charge is -2.08. The fourth-order valence-electron chi connectivity index (χ4n) is 2.57. The van der Waals surface area contributed by atoms with Gasteiger partial charge in [0.05, 0.1) is 12.2 Å². The lowest BCUT2D eigenvalue weighted by Crippen LogP contribution is -2.00. The topological polar surface area (TPSA) is 30.7 Å². The largest absolute Gasteiger partial charge is 0.248 e. The fraction of sp³-hybridized carbons (Fsp3) is 0.263. The van der Waals surface area contributed by atoms with Crippen LogP contribution in [-0.4, -0.2) is 15.0 Å². The van der Waals surface area contributed by atoms with Gasteiger partial charge < -0.3 is 0 Å². The zero-order valence-corrected chi connectivity index (χ0v) is 13.1. The Hall–Kier alpha value is -2.42. The molecule has 1 atom stereocenters. The molecule has 3 rings (SSSR count). The van der Waals surface area contributed by atoms with Crippen LogP contribution in [0.5, 0.6) is 0 Å².